The Morgan fingerprint density at radius 1 is 0.933 bits per heavy atom. The maximum absolute atomic E-state index is 13.6. The normalized spacial score (nSPS) is 42.0. The molecule has 4 N–H and O–H groups in total. The van der Waals surface area contributed by atoms with E-state index < -0.39 is 61.1 Å². The SMILES string of the molecule is CCC1CCCCC[C@](O)(C(F)(F)F)C2NNC(O2)C2CCC(C(F)(F)F)C(N2)O1. The number of halogens is 6. The Labute approximate surface area is 171 Å². The van der Waals surface area contributed by atoms with Crippen molar-refractivity contribution < 1.29 is 40.9 Å². The highest BCUT2D eigenvalue weighted by Gasteiger charge is 2.61. The maximum Gasteiger partial charge on any atom is 0.421 e. The number of ether oxygens (including phenoxy) is 2. The van der Waals surface area contributed by atoms with Gasteiger partial charge in [0, 0.05) is 0 Å². The molecule has 0 aromatic heterocycles. The van der Waals surface area contributed by atoms with Crippen molar-refractivity contribution in [2.24, 2.45) is 5.92 Å². The first-order chi connectivity index (χ1) is 14.0. The van der Waals surface area contributed by atoms with Gasteiger partial charge in [-0.3, -0.25) is 5.32 Å². The molecular weight excluding hydrogens is 420 g/mol. The van der Waals surface area contributed by atoms with Crippen LogP contribution in [0.1, 0.15) is 58.3 Å². The fourth-order valence-electron chi connectivity index (χ4n) is 4.37. The molecule has 30 heavy (non-hydrogen) atoms. The highest BCUT2D eigenvalue weighted by atomic mass is 19.4. The minimum atomic E-state index is -4.93. The zero-order valence-electron chi connectivity index (χ0n) is 16.7. The summed E-state index contributed by atoms with van der Waals surface area (Å²) in [5.41, 5.74) is 1.79. The van der Waals surface area contributed by atoms with Gasteiger partial charge in [-0.2, -0.15) is 26.3 Å². The van der Waals surface area contributed by atoms with Crippen molar-refractivity contribution in [2.75, 3.05) is 0 Å². The summed E-state index contributed by atoms with van der Waals surface area (Å²) in [5.74, 6) is -1.71. The summed E-state index contributed by atoms with van der Waals surface area (Å²) in [6.45, 7) is 1.80. The van der Waals surface area contributed by atoms with Crippen LogP contribution in [-0.2, 0) is 9.47 Å². The molecule has 12 heteroatoms. The minimum Gasteiger partial charge on any atom is -0.377 e. The van der Waals surface area contributed by atoms with Crippen molar-refractivity contribution in [2.45, 2.75) is 107 Å². The number of nitrogens with one attached hydrogen (secondary N) is 3. The predicted octanol–water partition coefficient (Wildman–Crippen LogP) is 3.07. The second kappa shape index (κ2) is 9.07. The van der Waals surface area contributed by atoms with Crippen LogP contribution in [0.3, 0.4) is 0 Å². The van der Waals surface area contributed by atoms with E-state index in [1.807, 2.05) is 0 Å². The van der Waals surface area contributed by atoms with Crippen molar-refractivity contribution >= 4 is 0 Å². The van der Waals surface area contributed by atoms with Crippen molar-refractivity contribution in [3.63, 3.8) is 0 Å². The summed E-state index contributed by atoms with van der Waals surface area (Å²) in [4.78, 5) is 0. The smallest absolute Gasteiger partial charge is 0.377 e. The van der Waals surface area contributed by atoms with Crippen LogP contribution >= 0.6 is 0 Å². The Hall–Kier alpha value is -0.660. The molecule has 176 valence electrons. The Morgan fingerprint density at radius 2 is 1.67 bits per heavy atom. The average Bonchev–Trinajstić information content (AvgIpc) is 3.14. The lowest BCUT2D eigenvalue weighted by atomic mass is 9.90. The topological polar surface area (TPSA) is 74.8 Å². The average molecular weight is 449 g/mol. The molecule has 0 spiro atoms. The number of fused-ring (bicyclic) bond motifs is 5. The Morgan fingerprint density at radius 3 is 2.30 bits per heavy atom. The van der Waals surface area contributed by atoms with Crippen LogP contribution < -0.4 is 16.2 Å². The second-order valence-corrected chi connectivity index (χ2v) is 8.33. The molecule has 3 saturated heterocycles. The molecule has 3 fully saturated rings. The molecule has 4 bridgehead atoms. The number of hydrogen-bond donors (Lipinski definition) is 4. The molecule has 0 amide bonds. The van der Waals surface area contributed by atoms with Gasteiger partial charge in [0.15, 0.2) is 6.23 Å². The van der Waals surface area contributed by atoms with Crippen LogP contribution in [0, 0.1) is 5.92 Å². The molecule has 0 aromatic carbocycles. The molecule has 7 atom stereocenters. The molecule has 6 nitrogen and oxygen atoms in total. The van der Waals surface area contributed by atoms with Crippen LogP contribution in [0.25, 0.3) is 0 Å². The summed E-state index contributed by atoms with van der Waals surface area (Å²) in [6.07, 6.45) is -12.9. The van der Waals surface area contributed by atoms with Crippen LogP contribution in [-0.4, -0.2) is 53.9 Å². The van der Waals surface area contributed by atoms with E-state index in [0.717, 1.165) is 0 Å². The van der Waals surface area contributed by atoms with Gasteiger partial charge in [0.25, 0.3) is 0 Å². The fourth-order valence-corrected chi connectivity index (χ4v) is 4.37. The molecule has 3 aliphatic rings. The monoisotopic (exact) mass is 449 g/mol. The molecule has 6 unspecified atom stereocenters. The third kappa shape index (κ3) is 5.04. The lowest BCUT2D eigenvalue weighted by Crippen LogP contribution is -2.60. The number of hydrazine groups is 1. The van der Waals surface area contributed by atoms with Crippen molar-refractivity contribution in [1.29, 1.82) is 0 Å². The van der Waals surface area contributed by atoms with Gasteiger partial charge in [0.2, 0.25) is 5.60 Å². The molecule has 3 rings (SSSR count). The van der Waals surface area contributed by atoms with E-state index in [1.54, 1.807) is 6.92 Å². The zero-order valence-corrected chi connectivity index (χ0v) is 16.7. The van der Waals surface area contributed by atoms with Crippen LogP contribution in [0.2, 0.25) is 0 Å². The standard InChI is InChI=1S/C18H29F6N3O3/c1-2-10-6-4-3-5-9-16(28,18(22,23)24)15-27-26-14(30-15)12-8-7-11(17(19,20)21)13(25-12)29-10/h10-15,25-28H,2-9H2,1H3/t10?,11?,12?,13?,14?,15?,16-/m1/s1. The molecular formula is C18H29F6N3O3. The molecule has 3 heterocycles. The Kier molecular flexibility index (Phi) is 7.25. The van der Waals surface area contributed by atoms with E-state index >= 15 is 0 Å². The predicted molar refractivity (Wildman–Crippen MR) is 93.7 cm³/mol. The molecule has 3 aliphatic heterocycles. The highest BCUT2D eigenvalue weighted by Crippen LogP contribution is 2.41. The third-order valence-electron chi connectivity index (χ3n) is 6.26. The molecule has 0 saturated carbocycles. The van der Waals surface area contributed by atoms with Crippen LogP contribution in [0.15, 0.2) is 0 Å². The number of alkyl halides is 6. The van der Waals surface area contributed by atoms with E-state index in [2.05, 4.69) is 16.2 Å². The summed E-state index contributed by atoms with van der Waals surface area (Å²) in [7, 11) is 0. The number of aliphatic hydroxyl groups is 1. The Bertz CT molecular complexity index is 578. The largest absolute Gasteiger partial charge is 0.421 e. The summed E-state index contributed by atoms with van der Waals surface area (Å²) < 4.78 is 92.7. The first kappa shape index (κ1) is 24.0. The lowest BCUT2D eigenvalue weighted by molar-refractivity contribution is -0.301. The van der Waals surface area contributed by atoms with Gasteiger partial charge in [0.05, 0.1) is 18.1 Å². The van der Waals surface area contributed by atoms with Gasteiger partial charge >= 0.3 is 12.4 Å². The van der Waals surface area contributed by atoms with E-state index in [-0.39, 0.29) is 19.3 Å². The molecule has 0 aliphatic carbocycles. The molecule has 0 radical (unpaired) electrons. The van der Waals surface area contributed by atoms with Gasteiger partial charge in [0.1, 0.15) is 12.5 Å². The minimum absolute atomic E-state index is 0.0251. The quantitative estimate of drug-likeness (QED) is 0.461. The van der Waals surface area contributed by atoms with Crippen LogP contribution in [0.5, 0.6) is 0 Å². The lowest BCUT2D eigenvalue weighted by Gasteiger charge is -2.41. The van der Waals surface area contributed by atoms with E-state index in [0.29, 0.717) is 25.7 Å². The Balaban J connectivity index is 1.84. The van der Waals surface area contributed by atoms with Gasteiger partial charge < -0.3 is 14.6 Å². The summed E-state index contributed by atoms with van der Waals surface area (Å²) in [6, 6.07) is -0.718. The van der Waals surface area contributed by atoms with Crippen LogP contribution in [0.4, 0.5) is 26.3 Å². The number of rotatable bonds is 1. The maximum atomic E-state index is 13.6. The third-order valence-corrected chi connectivity index (χ3v) is 6.26. The van der Waals surface area contributed by atoms with Gasteiger partial charge in [-0.25, -0.2) is 10.9 Å². The molecule has 0 aromatic rings. The number of hydrogen-bond acceptors (Lipinski definition) is 6. The fraction of sp³-hybridized carbons (Fsp3) is 1.00. The van der Waals surface area contributed by atoms with Gasteiger partial charge in [-0.15, -0.1) is 0 Å². The zero-order chi connectivity index (χ0) is 22.2. The van der Waals surface area contributed by atoms with E-state index in [4.69, 9.17) is 9.47 Å². The highest BCUT2D eigenvalue weighted by molar-refractivity contribution is 4.98. The second-order valence-electron chi connectivity index (χ2n) is 8.33. The van der Waals surface area contributed by atoms with Crippen molar-refractivity contribution in [3.8, 4) is 0 Å². The first-order valence-electron chi connectivity index (χ1n) is 10.4. The van der Waals surface area contributed by atoms with E-state index in [1.165, 1.54) is 0 Å². The summed E-state index contributed by atoms with van der Waals surface area (Å²) in [5, 5.41) is 13.2. The first-order valence-corrected chi connectivity index (χ1v) is 10.4. The van der Waals surface area contributed by atoms with E-state index in [9.17, 15) is 31.4 Å². The van der Waals surface area contributed by atoms with Crippen molar-refractivity contribution in [1.82, 2.24) is 16.2 Å². The van der Waals surface area contributed by atoms with Crippen molar-refractivity contribution in [3.05, 3.63) is 0 Å². The summed E-state index contributed by atoms with van der Waals surface area (Å²) >= 11 is 0. The number of piperidine rings is 1. The van der Waals surface area contributed by atoms with Gasteiger partial charge in [-0.1, -0.05) is 26.2 Å². The van der Waals surface area contributed by atoms with Gasteiger partial charge in [-0.05, 0) is 32.1 Å².